The van der Waals surface area contributed by atoms with Crippen LogP contribution in [0.5, 0.6) is 5.75 Å². The Morgan fingerprint density at radius 3 is 2.59 bits per heavy atom. The molecule has 1 atom stereocenters. The van der Waals surface area contributed by atoms with E-state index in [2.05, 4.69) is 28.6 Å². The van der Waals surface area contributed by atoms with Crippen LogP contribution in [0, 0.1) is 6.92 Å². The smallest absolute Gasteiger partial charge is 0.190 e. The van der Waals surface area contributed by atoms with Crippen molar-refractivity contribution in [3.05, 3.63) is 29.8 Å². The summed E-state index contributed by atoms with van der Waals surface area (Å²) in [5.41, 5.74) is 1.17. The van der Waals surface area contributed by atoms with Crippen molar-refractivity contribution in [2.24, 2.45) is 4.99 Å². The fraction of sp³-hybridized carbons (Fsp3) is 0.650. The first-order chi connectivity index (χ1) is 12.8. The number of guanidine groups is 1. The molecule has 27 heavy (non-hydrogen) atoms. The largest absolute Gasteiger partial charge is 0.493 e. The van der Waals surface area contributed by atoms with Crippen LogP contribution in [-0.2, 0) is 9.47 Å². The average Bonchev–Trinajstić information content (AvgIpc) is 3.17. The van der Waals surface area contributed by atoms with Crippen LogP contribution in [0.1, 0.15) is 31.2 Å². The maximum absolute atomic E-state index is 5.79. The summed E-state index contributed by atoms with van der Waals surface area (Å²) in [7, 11) is 1.78. The van der Waals surface area contributed by atoms with Crippen molar-refractivity contribution in [1.29, 1.82) is 0 Å². The molecule has 0 aliphatic carbocycles. The zero-order valence-electron chi connectivity index (χ0n) is 16.5. The molecule has 1 aliphatic heterocycles. The number of hydrogen-bond acceptors (Lipinski definition) is 4. The van der Waals surface area contributed by atoms with E-state index < -0.39 is 0 Å². The Balaban J connectivity index is 0.00000364. The van der Waals surface area contributed by atoms with Crippen LogP contribution in [0.25, 0.3) is 0 Å². The molecule has 0 amide bonds. The summed E-state index contributed by atoms with van der Waals surface area (Å²) in [6.07, 6.45) is 4.46. The number of para-hydroxylation sites is 1. The normalized spacial score (nSPS) is 16.7. The topological polar surface area (TPSA) is 64.1 Å². The fourth-order valence-corrected chi connectivity index (χ4v) is 2.77. The summed E-state index contributed by atoms with van der Waals surface area (Å²) in [6.45, 7) is 6.75. The van der Waals surface area contributed by atoms with Crippen LogP contribution in [0.4, 0.5) is 0 Å². The Labute approximate surface area is 180 Å². The molecule has 1 aromatic carbocycles. The number of aliphatic imine (C=N–C) groups is 1. The molecule has 0 spiro atoms. The molecule has 1 heterocycles. The number of halogens is 1. The van der Waals surface area contributed by atoms with Gasteiger partial charge >= 0.3 is 0 Å². The Morgan fingerprint density at radius 2 is 1.93 bits per heavy atom. The minimum atomic E-state index is 0. The van der Waals surface area contributed by atoms with E-state index in [0.717, 1.165) is 63.7 Å². The molecule has 7 heteroatoms. The Morgan fingerprint density at radius 1 is 1.19 bits per heavy atom. The third-order valence-corrected chi connectivity index (χ3v) is 4.27. The monoisotopic (exact) mass is 491 g/mol. The summed E-state index contributed by atoms with van der Waals surface area (Å²) in [5, 5.41) is 6.61. The van der Waals surface area contributed by atoms with Crippen LogP contribution < -0.4 is 15.4 Å². The standard InChI is InChI=1S/C20H33N3O3.HI/c1-17-8-3-4-10-19(17)26-15-7-12-23-20(21-2)22-11-6-13-24-16-18-9-5-14-25-18;/h3-4,8,10,18H,5-7,9,11-16H2,1-2H3,(H2,21,22,23);1H. The number of ether oxygens (including phenoxy) is 3. The molecule has 0 aromatic heterocycles. The lowest BCUT2D eigenvalue weighted by Gasteiger charge is -2.13. The highest BCUT2D eigenvalue weighted by atomic mass is 127. The molecule has 0 bridgehead atoms. The van der Waals surface area contributed by atoms with E-state index in [-0.39, 0.29) is 24.0 Å². The van der Waals surface area contributed by atoms with Crippen molar-refractivity contribution < 1.29 is 14.2 Å². The van der Waals surface area contributed by atoms with E-state index in [0.29, 0.717) is 19.3 Å². The number of benzene rings is 1. The van der Waals surface area contributed by atoms with Crippen LogP contribution in [0.3, 0.4) is 0 Å². The molecular formula is C20H34IN3O3. The van der Waals surface area contributed by atoms with E-state index in [1.165, 1.54) is 5.56 Å². The predicted octanol–water partition coefficient (Wildman–Crippen LogP) is 3.13. The molecular weight excluding hydrogens is 457 g/mol. The molecule has 154 valence electrons. The lowest BCUT2D eigenvalue weighted by atomic mass is 10.2. The van der Waals surface area contributed by atoms with E-state index >= 15 is 0 Å². The second-order valence-electron chi connectivity index (χ2n) is 6.46. The van der Waals surface area contributed by atoms with Gasteiger partial charge in [-0.2, -0.15) is 0 Å². The zero-order valence-corrected chi connectivity index (χ0v) is 18.9. The Bertz CT molecular complexity index is 537. The summed E-state index contributed by atoms with van der Waals surface area (Å²) < 4.78 is 17.0. The quantitative estimate of drug-likeness (QED) is 0.216. The number of hydrogen-bond donors (Lipinski definition) is 2. The highest BCUT2D eigenvalue weighted by Crippen LogP contribution is 2.16. The van der Waals surface area contributed by atoms with Gasteiger partial charge in [-0.15, -0.1) is 24.0 Å². The molecule has 1 saturated heterocycles. The third-order valence-electron chi connectivity index (χ3n) is 4.27. The van der Waals surface area contributed by atoms with Crippen molar-refractivity contribution in [3.63, 3.8) is 0 Å². The van der Waals surface area contributed by atoms with Gasteiger partial charge in [-0.1, -0.05) is 18.2 Å². The van der Waals surface area contributed by atoms with Crippen LogP contribution in [-0.4, -0.2) is 58.6 Å². The molecule has 0 saturated carbocycles. The molecule has 6 nitrogen and oxygen atoms in total. The summed E-state index contributed by atoms with van der Waals surface area (Å²) in [6, 6.07) is 8.08. The van der Waals surface area contributed by atoms with E-state index in [9.17, 15) is 0 Å². The van der Waals surface area contributed by atoms with E-state index in [1.807, 2.05) is 18.2 Å². The van der Waals surface area contributed by atoms with E-state index in [4.69, 9.17) is 14.2 Å². The van der Waals surface area contributed by atoms with Gasteiger partial charge in [0.05, 0.1) is 19.3 Å². The third kappa shape index (κ3) is 10.2. The zero-order chi connectivity index (χ0) is 18.5. The van der Waals surface area contributed by atoms with Gasteiger partial charge in [0.25, 0.3) is 0 Å². The lowest BCUT2D eigenvalue weighted by molar-refractivity contribution is 0.0168. The van der Waals surface area contributed by atoms with Gasteiger partial charge in [0.1, 0.15) is 5.75 Å². The number of nitrogens with zero attached hydrogens (tertiary/aromatic N) is 1. The highest BCUT2D eigenvalue weighted by molar-refractivity contribution is 14.0. The number of aryl methyl sites for hydroxylation is 1. The maximum Gasteiger partial charge on any atom is 0.190 e. The molecule has 0 radical (unpaired) electrons. The van der Waals surface area contributed by atoms with Gasteiger partial charge in [0, 0.05) is 33.4 Å². The molecule has 1 fully saturated rings. The van der Waals surface area contributed by atoms with Crippen molar-refractivity contribution in [2.75, 3.05) is 46.6 Å². The van der Waals surface area contributed by atoms with E-state index in [1.54, 1.807) is 7.05 Å². The summed E-state index contributed by atoms with van der Waals surface area (Å²) in [5.74, 6) is 1.78. The fourth-order valence-electron chi connectivity index (χ4n) is 2.77. The first-order valence-corrected chi connectivity index (χ1v) is 9.62. The lowest BCUT2D eigenvalue weighted by Crippen LogP contribution is -2.38. The molecule has 1 aromatic rings. The Hall–Kier alpha value is -1.06. The number of rotatable bonds is 11. The maximum atomic E-state index is 5.79. The first kappa shape index (κ1) is 24.0. The van der Waals surface area contributed by atoms with Crippen LogP contribution in [0.15, 0.2) is 29.3 Å². The SMILES string of the molecule is CN=C(NCCCOCC1CCCO1)NCCCOc1ccccc1C.I. The molecule has 2 N–H and O–H groups in total. The van der Waals surface area contributed by atoms with Crippen molar-refractivity contribution in [3.8, 4) is 5.75 Å². The van der Waals surface area contributed by atoms with Crippen molar-refractivity contribution in [1.82, 2.24) is 10.6 Å². The van der Waals surface area contributed by atoms with Crippen molar-refractivity contribution >= 4 is 29.9 Å². The molecule has 1 aliphatic rings. The Kier molecular flexibility index (Phi) is 13.3. The number of nitrogens with one attached hydrogen (secondary N) is 2. The van der Waals surface area contributed by atoms with Gasteiger partial charge in [0.2, 0.25) is 0 Å². The van der Waals surface area contributed by atoms with Gasteiger partial charge in [-0.05, 0) is 44.2 Å². The van der Waals surface area contributed by atoms with Gasteiger partial charge in [-0.25, -0.2) is 0 Å². The van der Waals surface area contributed by atoms with Crippen LogP contribution >= 0.6 is 24.0 Å². The summed E-state index contributed by atoms with van der Waals surface area (Å²) >= 11 is 0. The molecule has 2 rings (SSSR count). The van der Waals surface area contributed by atoms with Gasteiger partial charge in [0.15, 0.2) is 5.96 Å². The second kappa shape index (κ2) is 14.9. The second-order valence-corrected chi connectivity index (χ2v) is 6.46. The minimum absolute atomic E-state index is 0. The summed E-state index contributed by atoms with van der Waals surface area (Å²) in [4.78, 5) is 4.23. The van der Waals surface area contributed by atoms with Gasteiger partial charge < -0.3 is 24.8 Å². The highest BCUT2D eigenvalue weighted by Gasteiger charge is 2.14. The van der Waals surface area contributed by atoms with Gasteiger partial charge in [-0.3, -0.25) is 4.99 Å². The average molecular weight is 491 g/mol. The minimum Gasteiger partial charge on any atom is -0.493 e. The first-order valence-electron chi connectivity index (χ1n) is 9.62. The van der Waals surface area contributed by atoms with Crippen molar-refractivity contribution in [2.45, 2.75) is 38.7 Å². The molecule has 1 unspecified atom stereocenters. The van der Waals surface area contributed by atoms with Crippen LogP contribution in [0.2, 0.25) is 0 Å². The predicted molar refractivity (Wildman–Crippen MR) is 120 cm³/mol.